The van der Waals surface area contributed by atoms with Gasteiger partial charge >= 0.3 is 5.97 Å². The number of esters is 1. The van der Waals surface area contributed by atoms with Gasteiger partial charge in [0, 0.05) is 11.8 Å². The van der Waals surface area contributed by atoms with E-state index in [0.29, 0.717) is 18.8 Å². The van der Waals surface area contributed by atoms with Gasteiger partial charge in [0.2, 0.25) is 0 Å². The second kappa shape index (κ2) is 12.2. The van der Waals surface area contributed by atoms with E-state index < -0.39 is 0 Å². The summed E-state index contributed by atoms with van der Waals surface area (Å²) in [5, 5.41) is 10.6. The molecule has 0 saturated carbocycles. The van der Waals surface area contributed by atoms with Crippen molar-refractivity contribution in [3.05, 3.63) is 28.8 Å². The molecule has 0 saturated heterocycles. The molecule has 0 spiro atoms. The molecular weight excluding hydrogens is 360 g/mol. The molecule has 0 atom stereocenters. The molecule has 1 aromatic rings. The third kappa shape index (κ3) is 9.23. The molecule has 166 valence electrons. The first-order chi connectivity index (χ1) is 13.6. The normalized spacial score (nSPS) is 12.0. The highest BCUT2D eigenvalue weighted by molar-refractivity contribution is 5.69. The van der Waals surface area contributed by atoms with Crippen LogP contribution >= 0.6 is 0 Å². The first-order valence-corrected chi connectivity index (χ1v) is 11.6. The highest BCUT2D eigenvalue weighted by Crippen LogP contribution is 2.36. The third-order valence-electron chi connectivity index (χ3n) is 5.51. The Morgan fingerprint density at radius 1 is 0.966 bits per heavy atom. The molecule has 3 nitrogen and oxygen atoms in total. The quantitative estimate of drug-likeness (QED) is 0.273. The van der Waals surface area contributed by atoms with Crippen molar-refractivity contribution in [3.8, 4) is 5.75 Å². The first kappa shape index (κ1) is 25.5. The average molecular weight is 405 g/mol. The Morgan fingerprint density at radius 3 is 2.00 bits per heavy atom. The number of rotatable bonds is 13. The molecule has 0 heterocycles. The van der Waals surface area contributed by atoms with Gasteiger partial charge in [-0.25, -0.2) is 0 Å². The maximum absolute atomic E-state index is 12.1. The number of hydrogen-bond acceptors (Lipinski definition) is 3. The molecule has 0 unspecified atom stereocenters. The first-order valence-electron chi connectivity index (χ1n) is 11.6. The van der Waals surface area contributed by atoms with Crippen LogP contribution in [0.25, 0.3) is 0 Å². The van der Waals surface area contributed by atoms with Crippen molar-refractivity contribution in [1.82, 2.24) is 0 Å². The highest BCUT2D eigenvalue weighted by Gasteiger charge is 2.23. The predicted octanol–water partition coefficient (Wildman–Crippen LogP) is 7.50. The number of phenols is 1. The highest BCUT2D eigenvalue weighted by atomic mass is 16.5. The van der Waals surface area contributed by atoms with E-state index in [-0.39, 0.29) is 23.2 Å². The van der Waals surface area contributed by atoms with Crippen LogP contribution in [0.1, 0.15) is 122 Å². The Labute approximate surface area is 179 Å². The van der Waals surface area contributed by atoms with E-state index in [1.165, 1.54) is 31.2 Å². The number of ether oxygens (including phenoxy) is 1. The van der Waals surface area contributed by atoms with Crippen molar-refractivity contribution >= 4 is 5.97 Å². The summed E-state index contributed by atoms with van der Waals surface area (Å²) in [6, 6.07) is 4.23. The van der Waals surface area contributed by atoms with Gasteiger partial charge in [0.15, 0.2) is 0 Å². The van der Waals surface area contributed by atoms with Gasteiger partial charge in [0.05, 0.1) is 6.61 Å². The topological polar surface area (TPSA) is 46.5 Å². The maximum Gasteiger partial charge on any atom is 0.305 e. The monoisotopic (exact) mass is 404 g/mol. The van der Waals surface area contributed by atoms with Crippen LogP contribution in [-0.2, 0) is 16.0 Å². The molecule has 0 amide bonds. The number of phenolic OH excluding ortho intramolecular Hbond substituents is 1. The minimum absolute atomic E-state index is 0.0787. The number of unbranched alkanes of at least 4 members (excludes halogenated alkanes) is 5. The fourth-order valence-electron chi connectivity index (χ4n) is 3.73. The van der Waals surface area contributed by atoms with Crippen LogP contribution < -0.4 is 0 Å². The lowest BCUT2D eigenvalue weighted by Crippen LogP contribution is -2.24. The molecule has 0 aromatic heterocycles. The van der Waals surface area contributed by atoms with Gasteiger partial charge in [0.25, 0.3) is 0 Å². The van der Waals surface area contributed by atoms with Crippen LogP contribution in [0.15, 0.2) is 12.1 Å². The van der Waals surface area contributed by atoms with Gasteiger partial charge in [-0.05, 0) is 41.4 Å². The lowest BCUT2D eigenvalue weighted by atomic mass is 9.83. The van der Waals surface area contributed by atoms with Crippen LogP contribution in [0, 0.1) is 5.41 Å². The van der Waals surface area contributed by atoms with E-state index >= 15 is 0 Å². The third-order valence-corrected chi connectivity index (χ3v) is 5.51. The number of aromatic hydroxyl groups is 1. The summed E-state index contributed by atoms with van der Waals surface area (Å²) in [5.41, 5.74) is 3.06. The Kier molecular flexibility index (Phi) is 10.8. The van der Waals surface area contributed by atoms with Crippen LogP contribution in [0.5, 0.6) is 5.75 Å². The zero-order valence-corrected chi connectivity index (χ0v) is 19.9. The zero-order chi connectivity index (χ0) is 22.0. The zero-order valence-electron chi connectivity index (χ0n) is 19.9. The van der Waals surface area contributed by atoms with Crippen molar-refractivity contribution in [2.75, 3.05) is 6.61 Å². The van der Waals surface area contributed by atoms with E-state index in [2.05, 4.69) is 60.6 Å². The fraction of sp³-hybridized carbons (Fsp3) is 0.731. The van der Waals surface area contributed by atoms with Gasteiger partial charge in [0.1, 0.15) is 5.75 Å². The molecule has 1 N–H and O–H groups in total. The van der Waals surface area contributed by atoms with E-state index in [4.69, 9.17) is 4.74 Å². The molecule has 0 radical (unpaired) electrons. The fourth-order valence-corrected chi connectivity index (χ4v) is 3.73. The largest absolute Gasteiger partial charge is 0.507 e. The van der Waals surface area contributed by atoms with Crippen LogP contribution in [0.3, 0.4) is 0 Å². The van der Waals surface area contributed by atoms with Crippen molar-refractivity contribution in [2.45, 2.75) is 112 Å². The van der Waals surface area contributed by atoms with Crippen LogP contribution in [-0.4, -0.2) is 17.7 Å². The molecule has 1 rings (SSSR count). The molecule has 3 heteroatoms. The SMILES string of the molecule is CCCCCCCCC(=O)OCC(C)(C)Cc1cc(C(C)C)c(O)c(C(C)C)c1. The number of carbonyl (C=O) groups is 1. The summed E-state index contributed by atoms with van der Waals surface area (Å²) >= 11 is 0. The molecule has 1 aromatic carbocycles. The standard InChI is InChI=1S/C26H44O3/c1-8-9-10-11-12-13-14-24(27)29-18-26(6,7)17-21-15-22(19(2)3)25(28)23(16-21)20(4)5/h15-16,19-20,28H,8-14,17-18H2,1-7H3. The second-order valence-electron chi connectivity index (χ2n) is 9.95. The Morgan fingerprint density at radius 2 is 1.48 bits per heavy atom. The number of hydrogen-bond donors (Lipinski definition) is 1. The Balaban J connectivity index is 2.62. The Bertz CT molecular complexity index is 600. The average Bonchev–Trinajstić information content (AvgIpc) is 2.63. The predicted molar refractivity (Wildman–Crippen MR) is 123 cm³/mol. The summed E-state index contributed by atoms with van der Waals surface area (Å²) < 4.78 is 5.60. The molecular formula is C26H44O3. The summed E-state index contributed by atoms with van der Waals surface area (Å²) in [7, 11) is 0. The van der Waals surface area contributed by atoms with Crippen LogP contribution in [0.2, 0.25) is 0 Å². The smallest absolute Gasteiger partial charge is 0.305 e. The lowest BCUT2D eigenvalue weighted by molar-refractivity contribution is -0.146. The Hall–Kier alpha value is -1.51. The molecule has 0 fully saturated rings. The molecule has 0 bridgehead atoms. The molecule has 0 aliphatic carbocycles. The van der Waals surface area contributed by atoms with Gasteiger partial charge in [-0.3, -0.25) is 4.79 Å². The van der Waals surface area contributed by atoms with Gasteiger partial charge in [-0.15, -0.1) is 0 Å². The lowest BCUT2D eigenvalue weighted by Gasteiger charge is -2.26. The summed E-state index contributed by atoms with van der Waals surface area (Å²) in [6.07, 6.45) is 8.39. The van der Waals surface area contributed by atoms with Crippen molar-refractivity contribution in [1.29, 1.82) is 0 Å². The summed E-state index contributed by atoms with van der Waals surface area (Å²) in [6.45, 7) is 15.4. The minimum Gasteiger partial charge on any atom is -0.507 e. The minimum atomic E-state index is -0.143. The molecule has 29 heavy (non-hydrogen) atoms. The van der Waals surface area contributed by atoms with Crippen molar-refractivity contribution < 1.29 is 14.6 Å². The van der Waals surface area contributed by atoms with Gasteiger partial charge < -0.3 is 9.84 Å². The van der Waals surface area contributed by atoms with Crippen LogP contribution in [0.4, 0.5) is 0 Å². The van der Waals surface area contributed by atoms with E-state index in [1.807, 2.05) is 0 Å². The number of benzene rings is 1. The van der Waals surface area contributed by atoms with E-state index in [0.717, 1.165) is 30.4 Å². The van der Waals surface area contributed by atoms with E-state index in [1.54, 1.807) is 0 Å². The van der Waals surface area contributed by atoms with Gasteiger partial charge in [-0.2, -0.15) is 0 Å². The molecule has 0 aliphatic rings. The van der Waals surface area contributed by atoms with Gasteiger partial charge in [-0.1, -0.05) is 92.7 Å². The second-order valence-corrected chi connectivity index (χ2v) is 9.95. The van der Waals surface area contributed by atoms with E-state index in [9.17, 15) is 9.90 Å². The summed E-state index contributed by atoms with van der Waals surface area (Å²) in [4.78, 5) is 12.1. The summed E-state index contributed by atoms with van der Waals surface area (Å²) in [5.74, 6) is 0.892. The van der Waals surface area contributed by atoms with Crippen molar-refractivity contribution in [2.24, 2.45) is 5.41 Å². The number of carbonyl (C=O) groups excluding carboxylic acids is 1. The molecule has 0 aliphatic heterocycles. The maximum atomic E-state index is 12.1. The van der Waals surface area contributed by atoms with Crippen molar-refractivity contribution in [3.63, 3.8) is 0 Å².